The molecule has 7 nitrogen and oxygen atoms in total. The van der Waals surface area contributed by atoms with Crippen LogP contribution in [-0.2, 0) is 24.4 Å². The SMILES string of the molecule is O=C(O)C(F)(F)F.OCc1cnccc1N1CCc2c(ncn2-c2ccccc2)C1. The zero-order chi connectivity index (χ0) is 21.7. The summed E-state index contributed by atoms with van der Waals surface area (Å²) in [6.45, 7) is 1.67. The van der Waals surface area contributed by atoms with Crippen LogP contribution >= 0.6 is 0 Å². The van der Waals surface area contributed by atoms with Crippen molar-refractivity contribution >= 4 is 11.7 Å². The van der Waals surface area contributed by atoms with Gasteiger partial charge in [-0.25, -0.2) is 9.78 Å². The van der Waals surface area contributed by atoms with Crippen molar-refractivity contribution in [2.75, 3.05) is 11.4 Å². The molecule has 3 aromatic rings. The Morgan fingerprint density at radius 3 is 2.50 bits per heavy atom. The normalized spacial score (nSPS) is 13.3. The van der Waals surface area contributed by atoms with Gasteiger partial charge in [-0.15, -0.1) is 0 Å². The molecule has 4 rings (SSSR count). The molecule has 1 aromatic carbocycles. The number of hydrogen-bond donors (Lipinski definition) is 2. The third-order valence-corrected chi connectivity index (χ3v) is 4.58. The Hall–Kier alpha value is -3.40. The fourth-order valence-corrected chi connectivity index (χ4v) is 3.18. The molecule has 0 radical (unpaired) electrons. The lowest BCUT2D eigenvalue weighted by molar-refractivity contribution is -0.192. The van der Waals surface area contributed by atoms with Crippen LogP contribution in [0.4, 0.5) is 18.9 Å². The van der Waals surface area contributed by atoms with Gasteiger partial charge in [-0.05, 0) is 18.2 Å². The van der Waals surface area contributed by atoms with Crippen LogP contribution < -0.4 is 4.90 Å². The Labute approximate surface area is 170 Å². The zero-order valence-corrected chi connectivity index (χ0v) is 15.8. The molecule has 10 heteroatoms. The number of carboxylic acids is 1. The minimum atomic E-state index is -5.08. The molecule has 0 saturated carbocycles. The number of aliphatic hydroxyl groups excluding tert-OH is 1. The number of imidazole rings is 1. The van der Waals surface area contributed by atoms with Gasteiger partial charge >= 0.3 is 12.1 Å². The molecule has 0 aliphatic carbocycles. The Bertz CT molecular complexity index is 1010. The fraction of sp³-hybridized carbons (Fsp3) is 0.250. The summed E-state index contributed by atoms with van der Waals surface area (Å²) in [5.41, 5.74) is 5.42. The van der Waals surface area contributed by atoms with E-state index in [4.69, 9.17) is 9.90 Å². The molecule has 0 saturated heterocycles. The second-order valence-corrected chi connectivity index (χ2v) is 6.48. The summed E-state index contributed by atoms with van der Waals surface area (Å²) >= 11 is 0. The molecule has 30 heavy (non-hydrogen) atoms. The number of nitrogens with zero attached hydrogens (tertiary/aromatic N) is 4. The van der Waals surface area contributed by atoms with E-state index in [1.54, 1.807) is 12.4 Å². The van der Waals surface area contributed by atoms with Crippen LogP contribution in [0.1, 0.15) is 17.0 Å². The third kappa shape index (κ3) is 4.77. The Balaban J connectivity index is 0.000000318. The Morgan fingerprint density at radius 2 is 1.87 bits per heavy atom. The average molecular weight is 420 g/mol. The zero-order valence-electron chi connectivity index (χ0n) is 15.8. The molecule has 158 valence electrons. The van der Waals surface area contributed by atoms with Gasteiger partial charge in [0.2, 0.25) is 0 Å². The van der Waals surface area contributed by atoms with Gasteiger partial charge in [-0.3, -0.25) is 4.98 Å². The second-order valence-electron chi connectivity index (χ2n) is 6.48. The van der Waals surface area contributed by atoms with E-state index in [-0.39, 0.29) is 6.61 Å². The van der Waals surface area contributed by atoms with Crippen molar-refractivity contribution in [1.82, 2.24) is 14.5 Å². The number of alkyl halides is 3. The molecule has 2 N–H and O–H groups in total. The predicted molar refractivity (Wildman–Crippen MR) is 102 cm³/mol. The largest absolute Gasteiger partial charge is 0.490 e. The lowest BCUT2D eigenvalue weighted by atomic mass is 10.1. The molecular formula is C20H19F3N4O3. The summed E-state index contributed by atoms with van der Waals surface area (Å²) in [6, 6.07) is 12.3. The first-order chi connectivity index (χ1) is 14.3. The van der Waals surface area contributed by atoms with E-state index in [1.165, 1.54) is 5.69 Å². The first-order valence-corrected chi connectivity index (χ1v) is 9.00. The van der Waals surface area contributed by atoms with Crippen LogP contribution in [0.5, 0.6) is 0 Å². The van der Waals surface area contributed by atoms with Crippen molar-refractivity contribution in [1.29, 1.82) is 0 Å². The predicted octanol–water partition coefficient (Wildman–Crippen LogP) is 2.96. The van der Waals surface area contributed by atoms with Crippen molar-refractivity contribution < 1.29 is 28.2 Å². The summed E-state index contributed by atoms with van der Waals surface area (Å²) < 4.78 is 33.9. The lowest BCUT2D eigenvalue weighted by Crippen LogP contribution is -2.32. The summed E-state index contributed by atoms with van der Waals surface area (Å²) in [5, 5.41) is 16.6. The molecule has 0 bridgehead atoms. The molecule has 1 aliphatic rings. The maximum Gasteiger partial charge on any atom is 0.490 e. The number of rotatable bonds is 3. The van der Waals surface area contributed by atoms with E-state index in [1.807, 2.05) is 30.6 Å². The summed E-state index contributed by atoms with van der Waals surface area (Å²) in [5.74, 6) is -2.76. The number of para-hydroxylation sites is 1. The highest BCUT2D eigenvalue weighted by Crippen LogP contribution is 2.27. The monoisotopic (exact) mass is 420 g/mol. The van der Waals surface area contributed by atoms with Gasteiger partial charge in [-0.1, -0.05) is 18.2 Å². The van der Waals surface area contributed by atoms with Gasteiger partial charge < -0.3 is 19.7 Å². The quantitative estimate of drug-likeness (QED) is 0.677. The Kier molecular flexibility index (Phi) is 6.36. The average Bonchev–Trinajstić information content (AvgIpc) is 3.17. The number of halogens is 3. The number of anilines is 1. The van der Waals surface area contributed by atoms with Crippen LogP contribution in [0.15, 0.2) is 55.1 Å². The van der Waals surface area contributed by atoms with Crippen molar-refractivity contribution in [3.05, 3.63) is 72.1 Å². The smallest absolute Gasteiger partial charge is 0.475 e. The lowest BCUT2D eigenvalue weighted by Gasteiger charge is -2.30. The van der Waals surface area contributed by atoms with Crippen LogP contribution in [0.3, 0.4) is 0 Å². The van der Waals surface area contributed by atoms with Crippen LogP contribution in [0, 0.1) is 0 Å². The van der Waals surface area contributed by atoms with Crippen molar-refractivity contribution in [3.8, 4) is 5.69 Å². The number of aliphatic hydroxyl groups is 1. The number of carbonyl (C=O) groups is 1. The molecule has 0 fully saturated rings. The van der Waals surface area contributed by atoms with E-state index in [2.05, 4.69) is 31.6 Å². The van der Waals surface area contributed by atoms with Gasteiger partial charge in [0.15, 0.2) is 0 Å². The number of carboxylic acid groups (broad SMARTS) is 1. The maximum absolute atomic E-state index is 10.6. The topological polar surface area (TPSA) is 91.5 Å². The Morgan fingerprint density at radius 1 is 1.17 bits per heavy atom. The van der Waals surface area contributed by atoms with E-state index >= 15 is 0 Å². The summed E-state index contributed by atoms with van der Waals surface area (Å²) in [6.07, 6.45) is 1.25. The van der Waals surface area contributed by atoms with Crippen LogP contribution in [-0.4, -0.2) is 43.4 Å². The molecule has 2 aromatic heterocycles. The molecule has 0 spiro atoms. The molecule has 3 heterocycles. The van der Waals surface area contributed by atoms with Gasteiger partial charge in [0.25, 0.3) is 0 Å². The maximum atomic E-state index is 10.6. The van der Waals surface area contributed by atoms with E-state index in [9.17, 15) is 18.3 Å². The molecule has 0 amide bonds. The van der Waals surface area contributed by atoms with Gasteiger partial charge in [-0.2, -0.15) is 13.2 Å². The van der Waals surface area contributed by atoms with Crippen LogP contribution in [0.25, 0.3) is 5.69 Å². The number of benzene rings is 1. The standard InChI is InChI=1S/C18H18N4O.C2HF3O2/c23-12-14-10-19-8-6-17(14)21-9-7-18-16(11-21)20-13-22(18)15-4-2-1-3-5-15;3-2(4,5)1(6)7/h1-6,8,10,13,23H,7,9,11-12H2;(H,6,7). The number of aliphatic carboxylic acids is 1. The highest BCUT2D eigenvalue weighted by Gasteiger charge is 2.38. The summed E-state index contributed by atoms with van der Waals surface area (Å²) in [4.78, 5) is 19.9. The van der Waals surface area contributed by atoms with Crippen molar-refractivity contribution in [2.45, 2.75) is 25.7 Å². The van der Waals surface area contributed by atoms with Crippen molar-refractivity contribution in [3.63, 3.8) is 0 Å². The number of aromatic nitrogens is 3. The van der Waals surface area contributed by atoms with E-state index in [0.29, 0.717) is 0 Å². The number of hydrogen-bond acceptors (Lipinski definition) is 5. The van der Waals surface area contributed by atoms with Gasteiger partial charge in [0, 0.05) is 48.0 Å². The highest BCUT2D eigenvalue weighted by atomic mass is 19.4. The first kappa shape index (κ1) is 21.3. The first-order valence-electron chi connectivity index (χ1n) is 9.00. The number of pyridine rings is 1. The fourth-order valence-electron chi connectivity index (χ4n) is 3.18. The molecular weight excluding hydrogens is 401 g/mol. The van der Waals surface area contributed by atoms with Gasteiger partial charge in [0.05, 0.1) is 25.2 Å². The van der Waals surface area contributed by atoms with E-state index < -0.39 is 12.1 Å². The summed E-state index contributed by atoms with van der Waals surface area (Å²) in [7, 11) is 0. The molecule has 0 atom stereocenters. The second kappa shape index (κ2) is 8.95. The van der Waals surface area contributed by atoms with Crippen LogP contribution in [0.2, 0.25) is 0 Å². The van der Waals surface area contributed by atoms with E-state index in [0.717, 1.165) is 42.1 Å². The number of fused-ring (bicyclic) bond motifs is 1. The highest BCUT2D eigenvalue weighted by molar-refractivity contribution is 5.73. The van der Waals surface area contributed by atoms with Gasteiger partial charge in [0.1, 0.15) is 0 Å². The van der Waals surface area contributed by atoms with Crippen molar-refractivity contribution in [2.24, 2.45) is 0 Å². The molecule has 0 unspecified atom stereocenters. The third-order valence-electron chi connectivity index (χ3n) is 4.58. The molecule has 1 aliphatic heterocycles. The minimum absolute atomic E-state index is 0.00495. The minimum Gasteiger partial charge on any atom is -0.475 e.